The molecule has 106 valence electrons. The largest absolute Gasteiger partial charge is 0.399 e. The fourth-order valence-electron chi connectivity index (χ4n) is 2.20. The van der Waals surface area contributed by atoms with Crippen molar-refractivity contribution in [3.05, 3.63) is 40.7 Å². The van der Waals surface area contributed by atoms with Crippen molar-refractivity contribution in [3.63, 3.8) is 0 Å². The normalized spacial score (nSPS) is 10.6. The van der Waals surface area contributed by atoms with Crippen molar-refractivity contribution in [2.75, 3.05) is 11.1 Å². The van der Waals surface area contributed by atoms with Crippen LogP contribution in [0, 0.1) is 20.8 Å². The minimum Gasteiger partial charge on any atom is -0.399 e. The second-order valence-electron chi connectivity index (χ2n) is 5.07. The summed E-state index contributed by atoms with van der Waals surface area (Å²) in [6.07, 6.45) is 0.319. The molecule has 5 nitrogen and oxygen atoms in total. The number of hydrogen-bond acceptors (Lipinski definition) is 3. The quantitative estimate of drug-likeness (QED) is 0.840. The van der Waals surface area contributed by atoms with Crippen LogP contribution in [0.15, 0.2) is 18.2 Å². The van der Waals surface area contributed by atoms with Crippen LogP contribution in [0.4, 0.5) is 11.4 Å². The van der Waals surface area contributed by atoms with Crippen molar-refractivity contribution in [3.8, 4) is 0 Å². The molecule has 0 radical (unpaired) electrons. The number of aryl methyl sites for hydroxylation is 3. The van der Waals surface area contributed by atoms with Gasteiger partial charge in [-0.15, -0.1) is 0 Å². The van der Waals surface area contributed by atoms with Crippen molar-refractivity contribution in [2.24, 2.45) is 7.05 Å². The number of amides is 1. The number of anilines is 2. The molecule has 0 aliphatic carbocycles. The van der Waals surface area contributed by atoms with E-state index in [1.54, 1.807) is 10.7 Å². The highest BCUT2D eigenvalue weighted by molar-refractivity contribution is 5.93. The van der Waals surface area contributed by atoms with Crippen molar-refractivity contribution in [2.45, 2.75) is 27.2 Å². The first-order valence-corrected chi connectivity index (χ1v) is 6.53. The maximum atomic E-state index is 12.2. The molecule has 0 unspecified atom stereocenters. The first-order chi connectivity index (χ1) is 9.38. The van der Waals surface area contributed by atoms with Gasteiger partial charge in [0.15, 0.2) is 0 Å². The minimum absolute atomic E-state index is 0.0575. The summed E-state index contributed by atoms with van der Waals surface area (Å²) in [4.78, 5) is 12.2. The van der Waals surface area contributed by atoms with Gasteiger partial charge in [0.2, 0.25) is 5.91 Å². The molecule has 3 N–H and O–H groups in total. The number of nitrogens with two attached hydrogens (primary N) is 1. The Balaban J connectivity index is 2.15. The van der Waals surface area contributed by atoms with Crippen LogP contribution in [0.1, 0.15) is 22.5 Å². The number of hydrogen-bond donors (Lipinski definition) is 2. The molecular weight excluding hydrogens is 252 g/mol. The van der Waals surface area contributed by atoms with Crippen LogP contribution in [-0.4, -0.2) is 15.7 Å². The second-order valence-corrected chi connectivity index (χ2v) is 5.07. The van der Waals surface area contributed by atoms with Crippen LogP contribution in [0.3, 0.4) is 0 Å². The number of nitrogen functional groups attached to an aromatic ring is 1. The lowest BCUT2D eigenvalue weighted by molar-refractivity contribution is -0.115. The van der Waals surface area contributed by atoms with E-state index in [4.69, 9.17) is 5.73 Å². The maximum Gasteiger partial charge on any atom is 0.228 e. The van der Waals surface area contributed by atoms with Gasteiger partial charge in [-0.3, -0.25) is 9.48 Å². The topological polar surface area (TPSA) is 72.9 Å². The summed E-state index contributed by atoms with van der Waals surface area (Å²) in [6, 6.07) is 5.49. The van der Waals surface area contributed by atoms with Gasteiger partial charge in [0.25, 0.3) is 0 Å². The number of benzene rings is 1. The van der Waals surface area contributed by atoms with E-state index < -0.39 is 0 Å². The molecule has 2 rings (SSSR count). The van der Waals surface area contributed by atoms with Gasteiger partial charge in [-0.05, 0) is 38.5 Å². The van der Waals surface area contributed by atoms with E-state index in [0.29, 0.717) is 12.1 Å². The van der Waals surface area contributed by atoms with Crippen LogP contribution < -0.4 is 11.1 Å². The molecule has 0 atom stereocenters. The number of nitrogens with zero attached hydrogens (tertiary/aromatic N) is 2. The molecule has 1 aromatic heterocycles. The van der Waals surface area contributed by atoms with Crippen molar-refractivity contribution in [1.82, 2.24) is 9.78 Å². The summed E-state index contributed by atoms with van der Waals surface area (Å²) in [7, 11) is 1.88. The molecule has 0 spiro atoms. The van der Waals surface area contributed by atoms with Gasteiger partial charge in [0, 0.05) is 29.7 Å². The van der Waals surface area contributed by atoms with Gasteiger partial charge >= 0.3 is 0 Å². The highest BCUT2D eigenvalue weighted by Crippen LogP contribution is 2.19. The molecule has 1 amide bonds. The third kappa shape index (κ3) is 2.82. The number of rotatable bonds is 3. The van der Waals surface area contributed by atoms with Crippen LogP contribution in [-0.2, 0) is 18.3 Å². The zero-order valence-corrected chi connectivity index (χ0v) is 12.3. The van der Waals surface area contributed by atoms with E-state index in [-0.39, 0.29) is 5.91 Å². The number of carbonyl (C=O) groups is 1. The van der Waals surface area contributed by atoms with Crippen molar-refractivity contribution >= 4 is 17.3 Å². The Hall–Kier alpha value is -2.30. The minimum atomic E-state index is -0.0575. The Morgan fingerprint density at radius 3 is 2.65 bits per heavy atom. The summed E-state index contributed by atoms with van der Waals surface area (Å²) in [6.45, 7) is 5.82. The first-order valence-electron chi connectivity index (χ1n) is 6.53. The Labute approximate surface area is 118 Å². The monoisotopic (exact) mass is 272 g/mol. The summed E-state index contributed by atoms with van der Waals surface area (Å²) < 4.78 is 1.80. The highest BCUT2D eigenvalue weighted by atomic mass is 16.1. The van der Waals surface area contributed by atoms with Crippen molar-refractivity contribution in [1.29, 1.82) is 0 Å². The SMILES string of the molecule is Cc1ccc(N)cc1NC(=O)Cc1c(C)nn(C)c1C. The van der Waals surface area contributed by atoms with Gasteiger partial charge in [0.05, 0.1) is 12.1 Å². The van der Waals surface area contributed by atoms with E-state index in [1.807, 2.05) is 40.0 Å². The van der Waals surface area contributed by atoms with Gasteiger partial charge in [-0.1, -0.05) is 6.07 Å². The van der Waals surface area contributed by atoms with Crippen molar-refractivity contribution < 1.29 is 4.79 Å². The standard InChI is InChI=1S/C15H20N4O/c1-9-5-6-12(16)7-14(9)17-15(20)8-13-10(2)18-19(4)11(13)3/h5-7H,8,16H2,1-4H3,(H,17,20). The molecule has 1 aromatic carbocycles. The molecule has 0 aliphatic heterocycles. The molecule has 5 heteroatoms. The molecule has 20 heavy (non-hydrogen) atoms. The zero-order chi connectivity index (χ0) is 14.9. The van der Waals surface area contributed by atoms with E-state index in [1.165, 1.54) is 0 Å². The zero-order valence-electron chi connectivity index (χ0n) is 12.3. The molecule has 0 saturated heterocycles. The molecule has 0 bridgehead atoms. The van der Waals surface area contributed by atoms with Gasteiger partial charge < -0.3 is 11.1 Å². The summed E-state index contributed by atoms with van der Waals surface area (Å²) in [5, 5.41) is 7.23. The highest BCUT2D eigenvalue weighted by Gasteiger charge is 2.14. The lowest BCUT2D eigenvalue weighted by atomic mass is 10.1. The van der Waals surface area contributed by atoms with E-state index in [2.05, 4.69) is 10.4 Å². The predicted molar refractivity (Wildman–Crippen MR) is 80.6 cm³/mol. The Morgan fingerprint density at radius 1 is 1.35 bits per heavy atom. The fourth-order valence-corrected chi connectivity index (χ4v) is 2.20. The average Bonchev–Trinajstić information content (AvgIpc) is 2.61. The van der Waals surface area contributed by atoms with Crippen LogP contribution in [0.2, 0.25) is 0 Å². The maximum absolute atomic E-state index is 12.2. The third-order valence-corrected chi connectivity index (χ3v) is 3.53. The van der Waals surface area contributed by atoms with E-state index >= 15 is 0 Å². The smallest absolute Gasteiger partial charge is 0.228 e. The number of aromatic nitrogens is 2. The lowest BCUT2D eigenvalue weighted by Gasteiger charge is -2.09. The van der Waals surface area contributed by atoms with Crippen LogP contribution >= 0.6 is 0 Å². The van der Waals surface area contributed by atoms with Gasteiger partial charge in [-0.25, -0.2) is 0 Å². The molecular formula is C15H20N4O. The Kier molecular flexibility index (Phi) is 3.79. The van der Waals surface area contributed by atoms with E-state index in [0.717, 1.165) is 28.2 Å². The summed E-state index contributed by atoms with van der Waals surface area (Å²) in [5.41, 5.74) is 11.0. The summed E-state index contributed by atoms with van der Waals surface area (Å²) in [5.74, 6) is -0.0575. The van der Waals surface area contributed by atoms with E-state index in [9.17, 15) is 4.79 Å². The summed E-state index contributed by atoms with van der Waals surface area (Å²) >= 11 is 0. The van der Waals surface area contributed by atoms with Gasteiger partial charge in [-0.2, -0.15) is 5.10 Å². The Bertz CT molecular complexity index is 658. The molecule has 0 fully saturated rings. The van der Waals surface area contributed by atoms with Crippen LogP contribution in [0.5, 0.6) is 0 Å². The fraction of sp³-hybridized carbons (Fsp3) is 0.333. The average molecular weight is 272 g/mol. The lowest BCUT2D eigenvalue weighted by Crippen LogP contribution is -2.16. The molecule has 0 aliphatic rings. The third-order valence-electron chi connectivity index (χ3n) is 3.53. The second kappa shape index (κ2) is 5.36. The van der Waals surface area contributed by atoms with Crippen LogP contribution in [0.25, 0.3) is 0 Å². The molecule has 0 saturated carbocycles. The number of carbonyl (C=O) groups excluding carboxylic acids is 1. The van der Waals surface area contributed by atoms with Gasteiger partial charge in [0.1, 0.15) is 0 Å². The first kappa shape index (κ1) is 14.1. The molecule has 1 heterocycles. The molecule has 2 aromatic rings. The predicted octanol–water partition coefficient (Wildman–Crippen LogP) is 2.11. The number of nitrogens with one attached hydrogen (secondary N) is 1. The Morgan fingerprint density at radius 2 is 2.05 bits per heavy atom.